The first-order valence-electron chi connectivity index (χ1n) is 7.71. The molecule has 1 saturated heterocycles. The van der Waals surface area contributed by atoms with E-state index >= 15 is 0 Å². The molecule has 0 radical (unpaired) electrons. The zero-order valence-electron chi connectivity index (χ0n) is 13.3. The third-order valence-electron chi connectivity index (χ3n) is 4.79. The van der Waals surface area contributed by atoms with E-state index < -0.39 is 0 Å². The van der Waals surface area contributed by atoms with Crippen molar-refractivity contribution < 1.29 is 0 Å². The normalized spacial score (nSPS) is 21.8. The number of aromatic nitrogens is 2. The van der Waals surface area contributed by atoms with Crippen LogP contribution in [0.4, 0.5) is 0 Å². The molecule has 2 unspecified atom stereocenters. The van der Waals surface area contributed by atoms with Crippen LogP contribution in [0.1, 0.15) is 37.1 Å². The summed E-state index contributed by atoms with van der Waals surface area (Å²) in [6.45, 7) is 8.49. The third kappa shape index (κ3) is 3.05. The van der Waals surface area contributed by atoms with Crippen molar-refractivity contribution in [1.29, 1.82) is 0 Å². The molecule has 2 heterocycles. The van der Waals surface area contributed by atoms with Crippen molar-refractivity contribution in [1.82, 2.24) is 19.6 Å². The highest BCUT2D eigenvalue weighted by atomic mass is 15.3. The molecule has 0 aliphatic carbocycles. The molecular weight excluding hydrogens is 250 g/mol. The number of aryl methyl sites for hydroxylation is 1. The first kappa shape index (κ1) is 15.5. The maximum Gasteiger partial charge on any atom is 0.0540 e. The molecule has 1 aliphatic heterocycles. The Labute approximate surface area is 122 Å². The van der Waals surface area contributed by atoms with Gasteiger partial charge in [-0.3, -0.25) is 14.5 Å². The summed E-state index contributed by atoms with van der Waals surface area (Å²) in [5.74, 6) is 0. The number of likely N-dealkylation sites (N-methyl/N-ethyl adjacent to an activating group) is 2. The maximum absolute atomic E-state index is 6.03. The Hall–Kier alpha value is -0.910. The van der Waals surface area contributed by atoms with Crippen LogP contribution in [-0.4, -0.2) is 58.8 Å². The highest BCUT2D eigenvalue weighted by Gasteiger charge is 2.27. The second kappa shape index (κ2) is 6.70. The Morgan fingerprint density at radius 2 is 2.30 bits per heavy atom. The smallest absolute Gasteiger partial charge is 0.0540 e. The molecule has 5 nitrogen and oxygen atoms in total. The van der Waals surface area contributed by atoms with Crippen molar-refractivity contribution in [2.75, 3.05) is 33.2 Å². The Morgan fingerprint density at radius 3 is 2.85 bits per heavy atom. The molecule has 2 rings (SSSR count). The van der Waals surface area contributed by atoms with Gasteiger partial charge < -0.3 is 5.73 Å². The SMILES string of the molecule is CCN1CCCC1CN(C)C(CN)c1cnn(C)c1C. The Bertz CT molecular complexity index is 428. The van der Waals surface area contributed by atoms with Crippen molar-refractivity contribution in [2.45, 2.75) is 38.8 Å². The van der Waals surface area contributed by atoms with E-state index in [4.69, 9.17) is 5.73 Å². The molecule has 114 valence electrons. The lowest BCUT2D eigenvalue weighted by molar-refractivity contribution is 0.165. The van der Waals surface area contributed by atoms with E-state index in [9.17, 15) is 0 Å². The highest BCUT2D eigenvalue weighted by Crippen LogP contribution is 2.24. The van der Waals surface area contributed by atoms with Crippen molar-refractivity contribution in [3.05, 3.63) is 17.5 Å². The van der Waals surface area contributed by atoms with Crippen LogP contribution in [0.2, 0.25) is 0 Å². The zero-order valence-corrected chi connectivity index (χ0v) is 13.3. The summed E-state index contributed by atoms with van der Waals surface area (Å²) in [5, 5.41) is 4.35. The van der Waals surface area contributed by atoms with E-state index in [1.54, 1.807) is 0 Å². The van der Waals surface area contributed by atoms with Crippen LogP contribution < -0.4 is 5.73 Å². The molecule has 2 N–H and O–H groups in total. The van der Waals surface area contributed by atoms with E-state index in [1.165, 1.54) is 30.6 Å². The predicted molar refractivity (Wildman–Crippen MR) is 82.6 cm³/mol. The fourth-order valence-electron chi connectivity index (χ4n) is 3.37. The van der Waals surface area contributed by atoms with Crippen molar-refractivity contribution in [3.63, 3.8) is 0 Å². The zero-order chi connectivity index (χ0) is 14.7. The van der Waals surface area contributed by atoms with Gasteiger partial charge in [0.25, 0.3) is 0 Å². The quantitative estimate of drug-likeness (QED) is 0.848. The number of nitrogens with zero attached hydrogens (tertiary/aromatic N) is 4. The fraction of sp³-hybridized carbons (Fsp3) is 0.800. The molecule has 2 atom stereocenters. The predicted octanol–water partition coefficient (Wildman–Crippen LogP) is 1.14. The van der Waals surface area contributed by atoms with Gasteiger partial charge in [0.1, 0.15) is 0 Å². The fourth-order valence-corrected chi connectivity index (χ4v) is 3.37. The standard InChI is InChI=1S/C15H29N5/c1-5-20-8-6-7-13(20)11-18(3)15(9-16)14-10-17-19(4)12(14)2/h10,13,15H,5-9,11,16H2,1-4H3. The first-order chi connectivity index (χ1) is 9.58. The van der Waals surface area contributed by atoms with Crippen LogP contribution in [-0.2, 0) is 7.05 Å². The van der Waals surface area contributed by atoms with Gasteiger partial charge in [-0.1, -0.05) is 6.92 Å². The summed E-state index contributed by atoms with van der Waals surface area (Å²) in [7, 11) is 4.18. The summed E-state index contributed by atoms with van der Waals surface area (Å²) in [6, 6.07) is 0.944. The van der Waals surface area contributed by atoms with E-state index in [-0.39, 0.29) is 6.04 Å². The summed E-state index contributed by atoms with van der Waals surface area (Å²) < 4.78 is 1.93. The minimum Gasteiger partial charge on any atom is -0.329 e. The van der Waals surface area contributed by atoms with Gasteiger partial charge in [-0.15, -0.1) is 0 Å². The van der Waals surface area contributed by atoms with E-state index in [0.29, 0.717) is 12.6 Å². The van der Waals surface area contributed by atoms with Crippen molar-refractivity contribution in [3.8, 4) is 0 Å². The molecular formula is C15H29N5. The summed E-state index contributed by atoms with van der Waals surface area (Å²) in [5.41, 5.74) is 8.51. The van der Waals surface area contributed by atoms with Gasteiger partial charge in [0.15, 0.2) is 0 Å². The lowest BCUT2D eigenvalue weighted by atomic mass is 10.1. The van der Waals surface area contributed by atoms with Crippen LogP contribution in [0.25, 0.3) is 0 Å². The Balaban J connectivity index is 2.06. The van der Waals surface area contributed by atoms with Gasteiger partial charge in [-0.2, -0.15) is 5.10 Å². The Kier molecular flexibility index (Phi) is 5.18. The van der Waals surface area contributed by atoms with Crippen LogP contribution >= 0.6 is 0 Å². The summed E-state index contributed by atoms with van der Waals surface area (Å²) in [6.07, 6.45) is 4.60. The van der Waals surface area contributed by atoms with Gasteiger partial charge in [0.2, 0.25) is 0 Å². The molecule has 20 heavy (non-hydrogen) atoms. The number of nitrogens with two attached hydrogens (primary N) is 1. The Morgan fingerprint density at radius 1 is 1.55 bits per heavy atom. The molecule has 0 aromatic carbocycles. The van der Waals surface area contributed by atoms with Crippen LogP contribution in [0.3, 0.4) is 0 Å². The van der Waals surface area contributed by atoms with Crippen LogP contribution in [0.15, 0.2) is 6.20 Å². The number of likely N-dealkylation sites (tertiary alicyclic amines) is 1. The van der Waals surface area contributed by atoms with E-state index in [2.05, 4.69) is 35.8 Å². The lowest BCUT2D eigenvalue weighted by Gasteiger charge is -2.32. The monoisotopic (exact) mass is 279 g/mol. The van der Waals surface area contributed by atoms with Crippen LogP contribution in [0, 0.1) is 6.92 Å². The van der Waals surface area contributed by atoms with Gasteiger partial charge in [0.05, 0.1) is 12.2 Å². The maximum atomic E-state index is 6.03. The molecule has 1 fully saturated rings. The molecule has 0 bridgehead atoms. The highest BCUT2D eigenvalue weighted by molar-refractivity contribution is 5.21. The number of rotatable bonds is 6. The number of hydrogen-bond acceptors (Lipinski definition) is 4. The lowest BCUT2D eigenvalue weighted by Crippen LogP contribution is -2.41. The van der Waals surface area contributed by atoms with Gasteiger partial charge in [-0.25, -0.2) is 0 Å². The minimum absolute atomic E-state index is 0.267. The summed E-state index contributed by atoms with van der Waals surface area (Å²) >= 11 is 0. The van der Waals surface area contributed by atoms with Gasteiger partial charge in [0, 0.05) is 37.4 Å². The van der Waals surface area contributed by atoms with Gasteiger partial charge in [-0.05, 0) is 39.9 Å². The number of hydrogen-bond donors (Lipinski definition) is 1. The first-order valence-corrected chi connectivity index (χ1v) is 7.71. The van der Waals surface area contributed by atoms with Crippen molar-refractivity contribution >= 4 is 0 Å². The molecule has 1 aromatic heterocycles. The summed E-state index contributed by atoms with van der Waals surface area (Å²) in [4.78, 5) is 4.99. The molecule has 1 aromatic rings. The van der Waals surface area contributed by atoms with Crippen molar-refractivity contribution in [2.24, 2.45) is 12.8 Å². The second-order valence-corrected chi connectivity index (χ2v) is 5.92. The molecule has 0 saturated carbocycles. The second-order valence-electron chi connectivity index (χ2n) is 5.92. The van der Waals surface area contributed by atoms with E-state index in [0.717, 1.165) is 13.1 Å². The minimum atomic E-state index is 0.267. The topological polar surface area (TPSA) is 50.3 Å². The van der Waals surface area contributed by atoms with E-state index in [1.807, 2.05) is 17.9 Å². The van der Waals surface area contributed by atoms with Crippen LogP contribution in [0.5, 0.6) is 0 Å². The third-order valence-corrected chi connectivity index (χ3v) is 4.79. The average Bonchev–Trinajstić information content (AvgIpc) is 3.00. The molecule has 1 aliphatic rings. The molecule has 5 heteroatoms. The molecule has 0 spiro atoms. The molecule has 0 amide bonds. The average molecular weight is 279 g/mol. The van der Waals surface area contributed by atoms with Gasteiger partial charge >= 0.3 is 0 Å². The largest absolute Gasteiger partial charge is 0.329 e.